The van der Waals surface area contributed by atoms with Crippen LogP contribution in [-0.2, 0) is 15.8 Å². The Kier molecular flexibility index (Phi) is 7.94. The molecule has 5 rings (SSSR count). The predicted molar refractivity (Wildman–Crippen MR) is 155 cm³/mol. The number of halogens is 5. The molecule has 0 bridgehead atoms. The Balaban J connectivity index is 1.75. The van der Waals surface area contributed by atoms with Crippen molar-refractivity contribution < 1.29 is 31.8 Å². The van der Waals surface area contributed by atoms with Crippen LogP contribution in [0.2, 0.25) is 0 Å². The molecule has 1 atom stereocenters. The summed E-state index contributed by atoms with van der Waals surface area (Å²) in [7, 11) is 3.11. The summed E-state index contributed by atoms with van der Waals surface area (Å²) in [6, 6.07) is 25.1. The first-order chi connectivity index (χ1) is 20.0. The van der Waals surface area contributed by atoms with E-state index in [9.17, 15) is 4.39 Å². The van der Waals surface area contributed by atoms with Gasteiger partial charge in [0.1, 0.15) is 28.7 Å². The van der Waals surface area contributed by atoms with Crippen LogP contribution in [0.3, 0.4) is 0 Å². The van der Waals surface area contributed by atoms with Crippen LogP contribution >= 0.6 is 15.9 Å². The number of ether oxygens (including phenoxy) is 3. The van der Waals surface area contributed by atoms with Crippen LogP contribution in [0.1, 0.15) is 29.2 Å². The first-order valence-corrected chi connectivity index (χ1v) is 13.7. The first kappa shape index (κ1) is 29.4. The van der Waals surface area contributed by atoms with E-state index in [1.54, 1.807) is 38.5 Å². The van der Waals surface area contributed by atoms with Gasteiger partial charge in [0.2, 0.25) is 0 Å². The minimum Gasteiger partial charge on any atom is -0.497 e. The first-order valence-electron chi connectivity index (χ1n) is 12.9. The van der Waals surface area contributed by atoms with Crippen molar-refractivity contribution in [3.63, 3.8) is 0 Å². The fourth-order valence-electron chi connectivity index (χ4n) is 5.08. The molecular weight excluding hydrogens is 616 g/mol. The Morgan fingerprint density at radius 1 is 0.810 bits per heavy atom. The van der Waals surface area contributed by atoms with Crippen molar-refractivity contribution in [2.24, 2.45) is 4.99 Å². The summed E-state index contributed by atoms with van der Waals surface area (Å²) in [6.07, 6.45) is 0. The number of hydrogen-bond acceptors (Lipinski definition) is 5. The summed E-state index contributed by atoms with van der Waals surface area (Å²) in [5, 5.41) is 3.31. The minimum absolute atomic E-state index is 0.165. The Morgan fingerprint density at radius 2 is 1.33 bits per heavy atom. The normalized spacial score (nSPS) is 18.0. The van der Waals surface area contributed by atoms with Gasteiger partial charge in [-0.1, -0.05) is 54.6 Å². The van der Waals surface area contributed by atoms with Crippen molar-refractivity contribution in [1.29, 1.82) is 0 Å². The molecule has 4 aromatic rings. The molecule has 0 fully saturated rings. The van der Waals surface area contributed by atoms with Crippen molar-refractivity contribution in [3.05, 3.63) is 129 Å². The Bertz CT molecular complexity index is 1550. The van der Waals surface area contributed by atoms with E-state index in [1.807, 2.05) is 54.6 Å². The molecule has 5 nitrogen and oxygen atoms in total. The Hall–Kier alpha value is -4.05. The van der Waals surface area contributed by atoms with E-state index >= 15 is 13.2 Å². The lowest BCUT2D eigenvalue weighted by atomic mass is 9.77. The van der Waals surface area contributed by atoms with E-state index in [0.29, 0.717) is 28.7 Å². The van der Waals surface area contributed by atoms with E-state index in [0.717, 1.165) is 18.6 Å². The second kappa shape index (κ2) is 11.3. The zero-order valence-electron chi connectivity index (χ0n) is 22.9. The lowest BCUT2D eigenvalue weighted by Gasteiger charge is -2.42. The molecule has 1 N–H and O–H groups in total. The van der Waals surface area contributed by atoms with Gasteiger partial charge in [-0.25, -0.2) is 13.8 Å². The van der Waals surface area contributed by atoms with Crippen LogP contribution in [0.15, 0.2) is 100 Å². The van der Waals surface area contributed by atoms with Crippen molar-refractivity contribution in [1.82, 2.24) is 5.32 Å². The molecule has 0 aliphatic carbocycles. The number of nitrogens with zero attached hydrogens (tertiary/aromatic N) is 1. The maximum absolute atomic E-state index is 15.5. The van der Waals surface area contributed by atoms with Gasteiger partial charge < -0.3 is 19.5 Å². The van der Waals surface area contributed by atoms with Crippen molar-refractivity contribution >= 4 is 22.0 Å². The third kappa shape index (κ3) is 5.08. The van der Waals surface area contributed by atoms with Crippen molar-refractivity contribution in [3.8, 4) is 11.5 Å². The molecule has 0 radical (unpaired) electrons. The number of methoxy groups -OCH3 is 2. The summed E-state index contributed by atoms with van der Waals surface area (Å²) >= 11 is 2.99. The van der Waals surface area contributed by atoms with E-state index in [2.05, 4.69) is 26.2 Å². The third-order valence-corrected chi connectivity index (χ3v) is 8.12. The second-order valence-electron chi connectivity index (χ2n) is 9.93. The van der Waals surface area contributed by atoms with E-state index in [-0.39, 0.29) is 10.5 Å². The maximum atomic E-state index is 15.5. The van der Waals surface area contributed by atoms with Crippen LogP contribution in [0.4, 0.5) is 17.6 Å². The summed E-state index contributed by atoms with van der Waals surface area (Å²) < 4.78 is 76.3. The molecule has 1 aliphatic heterocycles. The monoisotopic (exact) mass is 642 g/mol. The van der Waals surface area contributed by atoms with Gasteiger partial charge >= 0.3 is 5.92 Å². The highest BCUT2D eigenvalue weighted by Crippen LogP contribution is 2.46. The van der Waals surface area contributed by atoms with Crippen molar-refractivity contribution in [2.45, 2.75) is 23.9 Å². The van der Waals surface area contributed by atoms with Gasteiger partial charge in [-0.15, -0.1) is 0 Å². The molecule has 1 aliphatic rings. The van der Waals surface area contributed by atoms with Crippen LogP contribution in [0.25, 0.3) is 0 Å². The summed E-state index contributed by atoms with van der Waals surface area (Å²) in [5.41, 5.74) is -1.99. The summed E-state index contributed by atoms with van der Waals surface area (Å²) in [4.78, 5) is 4.30. The molecule has 4 aromatic carbocycles. The summed E-state index contributed by atoms with van der Waals surface area (Å²) in [6.45, 7) is 0.00474. The Labute approximate surface area is 249 Å². The zero-order valence-corrected chi connectivity index (χ0v) is 24.5. The van der Waals surface area contributed by atoms with Gasteiger partial charge in [0.05, 0.1) is 18.7 Å². The highest BCUT2D eigenvalue weighted by atomic mass is 79.9. The SMILES string of the molecule is COc1ccc(C(NC2=NC(C)(c3cc(Br)c(F)cc3F)C(F)(F)CO2)(c2ccccc2)c2ccc(OC)cc2)cc1. The van der Waals surface area contributed by atoms with E-state index in [1.165, 1.54) is 0 Å². The maximum Gasteiger partial charge on any atom is 0.310 e. The molecule has 0 spiro atoms. The number of rotatable bonds is 7. The van der Waals surface area contributed by atoms with Gasteiger partial charge in [0.15, 0.2) is 12.1 Å². The molecule has 0 saturated heterocycles. The second-order valence-corrected chi connectivity index (χ2v) is 10.8. The molecule has 42 heavy (non-hydrogen) atoms. The highest BCUT2D eigenvalue weighted by Gasteiger charge is 2.57. The predicted octanol–water partition coefficient (Wildman–Crippen LogP) is 7.56. The number of benzene rings is 4. The minimum atomic E-state index is -3.63. The average Bonchev–Trinajstić information content (AvgIpc) is 3.00. The smallest absolute Gasteiger partial charge is 0.310 e. The lowest BCUT2D eigenvalue weighted by Crippen LogP contribution is -2.56. The number of nitrogens with one attached hydrogen (secondary N) is 1. The van der Waals surface area contributed by atoms with Crippen LogP contribution < -0.4 is 14.8 Å². The number of aliphatic imine (C=N–C) groups is 1. The van der Waals surface area contributed by atoms with Gasteiger partial charge in [-0.05, 0) is 69.9 Å². The molecule has 10 heteroatoms. The number of alkyl halides is 2. The number of hydrogen-bond donors (Lipinski definition) is 1. The average molecular weight is 643 g/mol. The standard InChI is InChI=1S/C32H27BrF4N2O3/c1-30(25-17-26(33)28(35)18-27(25)34)31(36,37)19-42-29(38-30)39-32(20-7-5-4-6-8-20,21-9-13-23(40-2)14-10-21)22-11-15-24(41-3)16-12-22/h4-18H,19H2,1-3H3,(H,38,39). The molecule has 1 heterocycles. The topological polar surface area (TPSA) is 52.1 Å². The Morgan fingerprint density at radius 3 is 1.86 bits per heavy atom. The van der Waals surface area contributed by atoms with Crippen LogP contribution in [0, 0.1) is 11.6 Å². The van der Waals surface area contributed by atoms with Gasteiger partial charge in [-0.2, -0.15) is 8.78 Å². The van der Waals surface area contributed by atoms with E-state index < -0.39 is 40.8 Å². The van der Waals surface area contributed by atoms with Crippen LogP contribution in [-0.4, -0.2) is 32.8 Å². The highest BCUT2D eigenvalue weighted by molar-refractivity contribution is 9.10. The zero-order chi connectivity index (χ0) is 30.1. The van der Waals surface area contributed by atoms with Crippen LogP contribution in [0.5, 0.6) is 11.5 Å². The van der Waals surface area contributed by atoms with Gasteiger partial charge in [0.25, 0.3) is 6.02 Å². The molecule has 0 saturated carbocycles. The number of amidine groups is 1. The van der Waals surface area contributed by atoms with Gasteiger partial charge in [-0.3, -0.25) is 0 Å². The molecule has 0 amide bonds. The third-order valence-electron chi connectivity index (χ3n) is 7.51. The fraction of sp³-hybridized carbons (Fsp3) is 0.219. The quantitative estimate of drug-likeness (QED) is 0.128. The van der Waals surface area contributed by atoms with Crippen molar-refractivity contribution in [2.75, 3.05) is 20.8 Å². The fourth-order valence-corrected chi connectivity index (χ4v) is 5.42. The molecule has 0 aromatic heterocycles. The molecule has 218 valence electrons. The molecule has 1 unspecified atom stereocenters. The summed E-state index contributed by atoms with van der Waals surface area (Å²) in [5.74, 6) is -4.47. The molecular formula is C32H27BrF4N2O3. The largest absolute Gasteiger partial charge is 0.497 e. The van der Waals surface area contributed by atoms with E-state index in [4.69, 9.17) is 14.2 Å². The van der Waals surface area contributed by atoms with Gasteiger partial charge in [0, 0.05) is 11.6 Å². The lowest BCUT2D eigenvalue weighted by molar-refractivity contribution is -0.118.